The van der Waals surface area contributed by atoms with Crippen molar-refractivity contribution in [3.63, 3.8) is 0 Å². The second-order valence-corrected chi connectivity index (χ2v) is 9.42. The molecule has 2 aromatic carbocycles. The third-order valence-corrected chi connectivity index (χ3v) is 6.41. The van der Waals surface area contributed by atoms with Gasteiger partial charge in [0, 0.05) is 22.1 Å². The summed E-state index contributed by atoms with van der Waals surface area (Å²) >= 11 is 4.06. The quantitative estimate of drug-likeness (QED) is 0.450. The Kier molecular flexibility index (Phi) is 7.83. The van der Waals surface area contributed by atoms with E-state index in [1.54, 1.807) is 37.3 Å². The molecule has 3 rings (SSSR count). The molecule has 0 saturated carbocycles. The van der Waals surface area contributed by atoms with Gasteiger partial charge >= 0.3 is 0 Å². The third kappa shape index (κ3) is 6.04. The van der Waals surface area contributed by atoms with Crippen LogP contribution < -0.4 is 10.6 Å². The highest BCUT2D eigenvalue weighted by atomic mass is 32.2. The topological polar surface area (TPSA) is 84.0 Å². The van der Waals surface area contributed by atoms with Crippen LogP contribution in [0.3, 0.4) is 0 Å². The van der Waals surface area contributed by atoms with E-state index in [0.29, 0.717) is 16.0 Å². The Labute approximate surface area is 186 Å². The molecule has 0 bridgehead atoms. The molecule has 0 spiro atoms. The zero-order chi connectivity index (χ0) is 21.5. The molecule has 156 valence electrons. The average molecular weight is 463 g/mol. The van der Waals surface area contributed by atoms with Gasteiger partial charge < -0.3 is 5.32 Å². The standard InChI is InChI=1S/C20H19FN4O2S3/c1-3-28-20-24-19(30-25-20)23-17(26)12(2)29-14-10-8-13(9-11-14)22-18(27)15-6-4-5-7-16(15)21/h4-12H,3H2,1-2H3,(H,22,27)(H,23,24,25,26). The molecule has 30 heavy (non-hydrogen) atoms. The fourth-order valence-electron chi connectivity index (χ4n) is 2.37. The number of thioether (sulfide) groups is 2. The molecular formula is C20H19FN4O2S3. The molecule has 10 heteroatoms. The van der Waals surface area contributed by atoms with E-state index in [-0.39, 0.29) is 16.7 Å². The Morgan fingerprint density at radius 1 is 1.13 bits per heavy atom. The molecule has 1 unspecified atom stereocenters. The van der Waals surface area contributed by atoms with Gasteiger partial charge in [0.1, 0.15) is 5.82 Å². The normalized spacial score (nSPS) is 11.7. The molecule has 0 radical (unpaired) electrons. The predicted molar refractivity (Wildman–Crippen MR) is 121 cm³/mol. The predicted octanol–water partition coefficient (Wildman–Crippen LogP) is 5.16. The minimum atomic E-state index is -0.571. The molecule has 0 aliphatic rings. The maximum atomic E-state index is 13.7. The highest BCUT2D eigenvalue weighted by Gasteiger charge is 2.17. The fraction of sp³-hybridized carbons (Fsp3) is 0.200. The van der Waals surface area contributed by atoms with Crippen molar-refractivity contribution in [2.24, 2.45) is 0 Å². The Balaban J connectivity index is 1.54. The highest BCUT2D eigenvalue weighted by Crippen LogP contribution is 2.27. The summed E-state index contributed by atoms with van der Waals surface area (Å²) in [6, 6.07) is 12.8. The second-order valence-electron chi connectivity index (χ2n) is 6.02. The van der Waals surface area contributed by atoms with Crippen molar-refractivity contribution in [1.29, 1.82) is 0 Å². The van der Waals surface area contributed by atoms with Crippen LogP contribution in [0, 0.1) is 5.82 Å². The van der Waals surface area contributed by atoms with E-state index >= 15 is 0 Å². The minimum Gasteiger partial charge on any atom is -0.322 e. The van der Waals surface area contributed by atoms with Gasteiger partial charge in [0.15, 0.2) is 0 Å². The van der Waals surface area contributed by atoms with E-state index in [2.05, 4.69) is 20.0 Å². The highest BCUT2D eigenvalue weighted by molar-refractivity contribution is 8.00. The Morgan fingerprint density at radius 3 is 2.57 bits per heavy atom. The molecule has 1 atom stereocenters. The lowest BCUT2D eigenvalue weighted by Crippen LogP contribution is -2.22. The molecule has 0 aliphatic heterocycles. The van der Waals surface area contributed by atoms with Crippen LogP contribution in [-0.4, -0.2) is 32.2 Å². The summed E-state index contributed by atoms with van der Waals surface area (Å²) in [5.74, 6) is -0.384. The maximum Gasteiger partial charge on any atom is 0.258 e. The van der Waals surface area contributed by atoms with Crippen molar-refractivity contribution >= 4 is 57.7 Å². The molecule has 2 N–H and O–H groups in total. The molecule has 0 aliphatic carbocycles. The van der Waals surface area contributed by atoms with Crippen LogP contribution in [0.5, 0.6) is 0 Å². The molecule has 1 aromatic heterocycles. The summed E-state index contributed by atoms with van der Waals surface area (Å²) in [7, 11) is 0. The van der Waals surface area contributed by atoms with E-state index in [9.17, 15) is 14.0 Å². The zero-order valence-electron chi connectivity index (χ0n) is 16.2. The van der Waals surface area contributed by atoms with E-state index in [1.165, 1.54) is 41.7 Å². The summed E-state index contributed by atoms with van der Waals surface area (Å²) in [5.41, 5.74) is 0.526. The number of hydrogen-bond donors (Lipinski definition) is 2. The van der Waals surface area contributed by atoms with Gasteiger partial charge in [-0.1, -0.05) is 30.8 Å². The van der Waals surface area contributed by atoms with E-state index < -0.39 is 11.7 Å². The number of rotatable bonds is 8. The number of nitrogens with one attached hydrogen (secondary N) is 2. The van der Waals surface area contributed by atoms with Crippen LogP contribution in [0.15, 0.2) is 58.6 Å². The Bertz CT molecular complexity index is 1030. The summed E-state index contributed by atoms with van der Waals surface area (Å²) in [5, 5.41) is 6.23. The lowest BCUT2D eigenvalue weighted by Gasteiger charge is -2.11. The minimum absolute atomic E-state index is 0.0154. The van der Waals surface area contributed by atoms with Crippen LogP contribution in [0.4, 0.5) is 15.2 Å². The molecule has 2 amide bonds. The molecule has 0 fully saturated rings. The first-order chi connectivity index (χ1) is 14.5. The molecular weight excluding hydrogens is 443 g/mol. The molecule has 1 heterocycles. The molecule has 6 nitrogen and oxygen atoms in total. The number of hydrogen-bond acceptors (Lipinski definition) is 7. The van der Waals surface area contributed by atoms with E-state index in [0.717, 1.165) is 22.2 Å². The van der Waals surface area contributed by atoms with Crippen LogP contribution in [0.1, 0.15) is 24.2 Å². The van der Waals surface area contributed by atoms with Crippen LogP contribution in [0.25, 0.3) is 0 Å². The number of aromatic nitrogens is 2. The van der Waals surface area contributed by atoms with Crippen molar-refractivity contribution in [2.75, 3.05) is 16.4 Å². The number of carbonyl (C=O) groups excluding carboxylic acids is 2. The molecule has 3 aromatic rings. The van der Waals surface area contributed by atoms with Gasteiger partial charge in [-0.3, -0.25) is 14.9 Å². The molecule has 0 saturated heterocycles. The van der Waals surface area contributed by atoms with Gasteiger partial charge in [0.05, 0.1) is 10.8 Å². The van der Waals surface area contributed by atoms with Gasteiger partial charge in [-0.15, -0.1) is 11.8 Å². The number of benzene rings is 2. The van der Waals surface area contributed by atoms with Crippen molar-refractivity contribution in [3.8, 4) is 0 Å². The van der Waals surface area contributed by atoms with Gasteiger partial charge in [-0.05, 0) is 49.1 Å². The number of halogens is 1. The fourth-order valence-corrected chi connectivity index (χ4v) is 4.51. The summed E-state index contributed by atoms with van der Waals surface area (Å²) in [4.78, 5) is 29.7. The van der Waals surface area contributed by atoms with Crippen molar-refractivity contribution in [3.05, 3.63) is 59.9 Å². The van der Waals surface area contributed by atoms with Crippen LogP contribution in [-0.2, 0) is 4.79 Å². The van der Waals surface area contributed by atoms with E-state index in [1.807, 2.05) is 6.92 Å². The number of amides is 2. The zero-order valence-corrected chi connectivity index (χ0v) is 18.7. The smallest absolute Gasteiger partial charge is 0.258 e. The van der Waals surface area contributed by atoms with Crippen molar-refractivity contribution in [2.45, 2.75) is 29.1 Å². The SMILES string of the molecule is CCSc1nsc(NC(=O)C(C)Sc2ccc(NC(=O)c3ccccc3F)cc2)n1. The van der Waals surface area contributed by atoms with Gasteiger partial charge in [0.2, 0.25) is 16.2 Å². The van der Waals surface area contributed by atoms with Crippen molar-refractivity contribution in [1.82, 2.24) is 9.36 Å². The summed E-state index contributed by atoms with van der Waals surface area (Å²) in [6.45, 7) is 3.82. The lowest BCUT2D eigenvalue weighted by molar-refractivity contribution is -0.115. The number of carbonyl (C=O) groups is 2. The largest absolute Gasteiger partial charge is 0.322 e. The van der Waals surface area contributed by atoms with Crippen LogP contribution >= 0.6 is 35.1 Å². The number of nitrogens with zero attached hydrogens (tertiary/aromatic N) is 2. The van der Waals surface area contributed by atoms with Gasteiger partial charge in [0.25, 0.3) is 5.91 Å². The second kappa shape index (κ2) is 10.6. The van der Waals surface area contributed by atoms with Gasteiger partial charge in [-0.2, -0.15) is 9.36 Å². The average Bonchev–Trinajstić information content (AvgIpc) is 3.17. The Morgan fingerprint density at radius 2 is 1.87 bits per heavy atom. The first kappa shape index (κ1) is 22.3. The Hall–Kier alpha value is -2.43. The first-order valence-electron chi connectivity index (χ1n) is 9.06. The monoisotopic (exact) mass is 462 g/mol. The van der Waals surface area contributed by atoms with Crippen LogP contribution in [0.2, 0.25) is 0 Å². The third-order valence-electron chi connectivity index (χ3n) is 3.82. The lowest BCUT2D eigenvalue weighted by atomic mass is 10.2. The maximum absolute atomic E-state index is 13.7. The summed E-state index contributed by atoms with van der Waals surface area (Å²) < 4.78 is 17.9. The number of anilines is 2. The van der Waals surface area contributed by atoms with E-state index in [4.69, 9.17) is 0 Å². The van der Waals surface area contributed by atoms with Gasteiger partial charge in [-0.25, -0.2) is 4.39 Å². The van der Waals surface area contributed by atoms with Crippen molar-refractivity contribution < 1.29 is 14.0 Å². The summed E-state index contributed by atoms with van der Waals surface area (Å²) in [6.07, 6.45) is 0. The first-order valence-corrected chi connectivity index (χ1v) is 11.7.